The Kier molecular flexibility index (Phi) is 8.28. The summed E-state index contributed by atoms with van der Waals surface area (Å²) in [5, 5.41) is 18.6. The van der Waals surface area contributed by atoms with Crippen LogP contribution in [0.5, 0.6) is 11.5 Å². The maximum absolute atomic E-state index is 12.6. The summed E-state index contributed by atoms with van der Waals surface area (Å²) in [6.45, 7) is 3.59. The molecule has 1 aliphatic rings. The third-order valence-electron chi connectivity index (χ3n) is 5.00. The Bertz CT molecular complexity index is 1090. The molecule has 0 unspecified atom stereocenters. The van der Waals surface area contributed by atoms with E-state index in [2.05, 4.69) is 0 Å². The highest BCUT2D eigenvalue weighted by Gasteiger charge is 2.27. The van der Waals surface area contributed by atoms with Gasteiger partial charge < -0.3 is 19.6 Å². The molecule has 2 aromatic carbocycles. The van der Waals surface area contributed by atoms with E-state index in [4.69, 9.17) is 20.1 Å². The minimum Gasteiger partial charge on any atom is -0.493 e. The average Bonchev–Trinajstić information content (AvgIpc) is 2.72. The lowest BCUT2D eigenvalue weighted by atomic mass is 9.98. The third-order valence-corrected chi connectivity index (χ3v) is 6.30. The Morgan fingerprint density at radius 2 is 1.84 bits per heavy atom. The maximum atomic E-state index is 12.6. The topological polar surface area (TPSA) is 149 Å². The van der Waals surface area contributed by atoms with Crippen LogP contribution in [-0.2, 0) is 10.1 Å². The summed E-state index contributed by atoms with van der Waals surface area (Å²) in [5.74, 6) is 0.817. The van der Waals surface area contributed by atoms with E-state index in [-0.39, 0.29) is 30.0 Å². The molecule has 0 saturated carbocycles. The number of nitrogens with one attached hydrogen (secondary N) is 1. The predicted molar refractivity (Wildman–Crippen MR) is 121 cm³/mol. The van der Waals surface area contributed by atoms with E-state index in [0.29, 0.717) is 25.4 Å². The molecular formula is C20H25ClN4O6S. The summed E-state index contributed by atoms with van der Waals surface area (Å²) in [5.41, 5.74) is 5.67. The number of para-hydroxylation sites is 1. The monoisotopic (exact) mass is 484 g/mol. The van der Waals surface area contributed by atoms with Crippen molar-refractivity contribution in [3.05, 3.63) is 58.1 Å². The smallest absolute Gasteiger partial charge is 0.346 e. The van der Waals surface area contributed by atoms with E-state index >= 15 is 0 Å². The number of ether oxygens (including phenoxy) is 1. The van der Waals surface area contributed by atoms with Gasteiger partial charge in [-0.1, -0.05) is 12.1 Å². The minimum atomic E-state index is -4.41. The van der Waals surface area contributed by atoms with Gasteiger partial charge in [0.2, 0.25) is 0 Å². The Morgan fingerprint density at radius 3 is 2.47 bits per heavy atom. The molecule has 3 rings (SSSR count). The van der Waals surface area contributed by atoms with E-state index in [1.807, 2.05) is 4.90 Å². The first kappa shape index (κ1) is 25.2. The molecule has 10 nitrogen and oxygen atoms in total. The van der Waals surface area contributed by atoms with Crippen molar-refractivity contribution in [2.24, 2.45) is 11.7 Å². The van der Waals surface area contributed by atoms with Crippen molar-refractivity contribution in [3.8, 4) is 11.5 Å². The van der Waals surface area contributed by atoms with Crippen molar-refractivity contribution < 1.29 is 22.3 Å². The van der Waals surface area contributed by atoms with Crippen LogP contribution in [-0.4, -0.2) is 43.9 Å². The lowest BCUT2D eigenvalue weighted by Gasteiger charge is -2.32. The van der Waals surface area contributed by atoms with Crippen molar-refractivity contribution in [2.75, 3.05) is 19.7 Å². The van der Waals surface area contributed by atoms with Crippen molar-refractivity contribution in [1.82, 2.24) is 4.90 Å². The number of nitrogens with two attached hydrogens (primary N) is 1. The summed E-state index contributed by atoms with van der Waals surface area (Å²) in [6.07, 6.45) is 1.67. The van der Waals surface area contributed by atoms with Crippen LogP contribution < -0.4 is 14.7 Å². The predicted octanol–water partition coefficient (Wildman–Crippen LogP) is 3.08. The number of nitro benzene ring substituents is 1. The zero-order valence-electron chi connectivity index (χ0n) is 17.4. The molecule has 0 aliphatic carbocycles. The molecule has 2 aromatic rings. The number of aryl methyl sites for hydroxylation is 1. The molecule has 1 aliphatic heterocycles. The van der Waals surface area contributed by atoms with Crippen LogP contribution in [0.2, 0.25) is 0 Å². The van der Waals surface area contributed by atoms with Crippen molar-refractivity contribution >= 4 is 34.2 Å². The molecule has 12 heteroatoms. The van der Waals surface area contributed by atoms with E-state index in [0.717, 1.165) is 30.5 Å². The number of guanidine groups is 1. The quantitative estimate of drug-likeness (QED) is 0.200. The van der Waals surface area contributed by atoms with Gasteiger partial charge in [0, 0.05) is 25.2 Å². The van der Waals surface area contributed by atoms with Gasteiger partial charge in [0.05, 0.1) is 11.5 Å². The van der Waals surface area contributed by atoms with Crippen LogP contribution in [0.3, 0.4) is 0 Å². The number of rotatable bonds is 7. The SMILES string of the molecule is Cc1cc(OCC2CCN(C(=N)N)CC2)cc(OS(=O)(=O)c2ccccc2[N+](=O)[O-])c1.Cl. The van der Waals surface area contributed by atoms with Gasteiger partial charge in [-0.05, 0) is 49.4 Å². The number of halogens is 1. The number of hydrogen-bond donors (Lipinski definition) is 2. The van der Waals surface area contributed by atoms with E-state index < -0.39 is 25.6 Å². The second kappa shape index (κ2) is 10.5. The maximum Gasteiger partial charge on any atom is 0.346 e. The molecule has 1 fully saturated rings. The second-order valence-electron chi connectivity index (χ2n) is 7.37. The molecule has 0 aromatic heterocycles. The Hall–Kier alpha value is -3.05. The van der Waals surface area contributed by atoms with Gasteiger partial charge in [-0.25, -0.2) is 0 Å². The number of nitro groups is 1. The van der Waals surface area contributed by atoms with Gasteiger partial charge in [0.25, 0.3) is 5.69 Å². The van der Waals surface area contributed by atoms with Crippen LogP contribution in [0.15, 0.2) is 47.4 Å². The molecule has 0 radical (unpaired) electrons. The van der Waals surface area contributed by atoms with Crippen LogP contribution in [0.1, 0.15) is 18.4 Å². The first-order chi connectivity index (χ1) is 14.7. The lowest BCUT2D eigenvalue weighted by molar-refractivity contribution is -0.387. The van der Waals surface area contributed by atoms with E-state index in [9.17, 15) is 18.5 Å². The Balaban J connectivity index is 0.00000363. The molecule has 0 bridgehead atoms. The van der Waals surface area contributed by atoms with Gasteiger partial charge in [0.1, 0.15) is 11.5 Å². The fourth-order valence-corrected chi connectivity index (χ4v) is 4.47. The Morgan fingerprint density at radius 1 is 1.22 bits per heavy atom. The molecule has 174 valence electrons. The fourth-order valence-electron chi connectivity index (χ4n) is 3.39. The van der Waals surface area contributed by atoms with Crippen molar-refractivity contribution in [1.29, 1.82) is 5.41 Å². The van der Waals surface area contributed by atoms with Gasteiger partial charge >= 0.3 is 10.1 Å². The second-order valence-corrected chi connectivity index (χ2v) is 8.89. The number of likely N-dealkylation sites (tertiary alicyclic amines) is 1. The zero-order chi connectivity index (χ0) is 22.6. The highest BCUT2D eigenvalue weighted by molar-refractivity contribution is 7.87. The molecule has 32 heavy (non-hydrogen) atoms. The highest BCUT2D eigenvalue weighted by Crippen LogP contribution is 2.30. The summed E-state index contributed by atoms with van der Waals surface area (Å²) < 4.78 is 36.3. The van der Waals surface area contributed by atoms with Crippen molar-refractivity contribution in [3.63, 3.8) is 0 Å². The number of hydrogen-bond acceptors (Lipinski definition) is 7. The molecular weight excluding hydrogens is 460 g/mol. The first-order valence-corrected chi connectivity index (χ1v) is 11.1. The van der Waals surface area contributed by atoms with E-state index in [1.54, 1.807) is 13.0 Å². The fraction of sp³-hybridized carbons (Fsp3) is 0.350. The lowest BCUT2D eigenvalue weighted by Crippen LogP contribution is -2.43. The third kappa shape index (κ3) is 6.24. The minimum absolute atomic E-state index is 0. The summed E-state index contributed by atoms with van der Waals surface area (Å²) in [6, 6.07) is 9.75. The first-order valence-electron chi connectivity index (χ1n) is 9.67. The largest absolute Gasteiger partial charge is 0.493 e. The normalized spacial score (nSPS) is 14.3. The molecule has 1 saturated heterocycles. The van der Waals surface area contributed by atoms with Crippen LogP contribution in [0, 0.1) is 28.4 Å². The van der Waals surface area contributed by atoms with Gasteiger partial charge in [-0.15, -0.1) is 12.4 Å². The van der Waals surface area contributed by atoms with E-state index in [1.165, 1.54) is 24.3 Å². The number of piperidine rings is 1. The van der Waals surface area contributed by atoms with Crippen LogP contribution in [0.25, 0.3) is 0 Å². The van der Waals surface area contributed by atoms with Gasteiger partial charge in [0.15, 0.2) is 10.9 Å². The van der Waals surface area contributed by atoms with Crippen molar-refractivity contribution in [2.45, 2.75) is 24.7 Å². The average molecular weight is 485 g/mol. The highest BCUT2D eigenvalue weighted by atomic mass is 35.5. The van der Waals surface area contributed by atoms with Crippen LogP contribution in [0.4, 0.5) is 5.69 Å². The number of benzene rings is 2. The van der Waals surface area contributed by atoms with Gasteiger partial charge in [-0.2, -0.15) is 8.42 Å². The number of nitrogens with zero attached hydrogens (tertiary/aromatic N) is 2. The Labute approximate surface area is 192 Å². The molecule has 3 N–H and O–H groups in total. The van der Waals surface area contributed by atoms with Gasteiger partial charge in [-0.3, -0.25) is 15.5 Å². The standard InChI is InChI=1S/C20H24N4O6S.ClH/c1-14-10-16(29-13-15-6-8-23(9-7-15)20(21)22)12-17(11-14)30-31(27,28)19-5-3-2-4-18(19)24(25)26;/h2-5,10-12,15H,6-9,13H2,1H3,(H3,21,22);1H. The van der Waals surface area contributed by atoms with Crippen LogP contribution >= 0.6 is 12.4 Å². The summed E-state index contributed by atoms with van der Waals surface area (Å²) in [7, 11) is -4.41. The molecule has 0 spiro atoms. The molecule has 1 heterocycles. The summed E-state index contributed by atoms with van der Waals surface area (Å²) in [4.78, 5) is 11.7. The zero-order valence-corrected chi connectivity index (χ0v) is 19.0. The molecule has 0 amide bonds. The summed E-state index contributed by atoms with van der Waals surface area (Å²) >= 11 is 0. The molecule has 0 atom stereocenters.